The highest BCUT2D eigenvalue weighted by Gasteiger charge is 2.37. The smallest absolute Gasteiger partial charge is 0.311 e. The van der Waals surface area contributed by atoms with Gasteiger partial charge >= 0.3 is 5.69 Å². The van der Waals surface area contributed by atoms with Gasteiger partial charge in [0, 0.05) is 28.4 Å². The Hall–Kier alpha value is -1.52. The van der Waals surface area contributed by atoms with Gasteiger partial charge in [-0.05, 0) is 36.8 Å². The molecule has 0 aromatic heterocycles. The van der Waals surface area contributed by atoms with Crippen LogP contribution in [0.15, 0.2) is 41.3 Å². The third-order valence-corrected chi connectivity index (χ3v) is 7.73. The van der Waals surface area contributed by atoms with Crippen LogP contribution in [0, 0.1) is 17.0 Å². The van der Waals surface area contributed by atoms with Gasteiger partial charge in [-0.25, -0.2) is 8.42 Å². The van der Waals surface area contributed by atoms with Gasteiger partial charge in [-0.1, -0.05) is 29.3 Å². The first kappa shape index (κ1) is 21.2. The summed E-state index contributed by atoms with van der Waals surface area (Å²) in [6.45, 7) is 2.01. The fraction of sp³-hybridized carbons (Fsp3) is 0.294. The molecule has 2 aromatic rings. The number of nitrogens with zero attached hydrogens (tertiary/aromatic N) is 2. The fourth-order valence-corrected chi connectivity index (χ4v) is 6.61. The van der Waals surface area contributed by atoms with Gasteiger partial charge in [0.25, 0.3) is 0 Å². The maximum Gasteiger partial charge on any atom is 0.311 e. The first-order valence-corrected chi connectivity index (χ1v) is 11.4. The van der Waals surface area contributed by atoms with E-state index in [-0.39, 0.29) is 33.0 Å². The number of hydrogen-bond acceptors (Lipinski definition) is 6. The number of nitro groups is 1. The van der Waals surface area contributed by atoms with Crippen LogP contribution in [-0.4, -0.2) is 41.9 Å². The van der Waals surface area contributed by atoms with Crippen LogP contribution in [0.25, 0.3) is 0 Å². The molecule has 11 heteroatoms. The van der Waals surface area contributed by atoms with Crippen molar-refractivity contribution in [3.05, 3.63) is 62.1 Å². The minimum absolute atomic E-state index is 0.00110. The van der Waals surface area contributed by atoms with Crippen molar-refractivity contribution in [3.63, 3.8) is 0 Å². The molecule has 0 aliphatic carbocycles. The SMILES string of the molecule is Cc1ccc(OCC2SCCN2S(=O)(=O)c2cc(Cl)cc(Cl)c2)c([N+](=O)[O-])c1. The molecule has 0 spiro atoms. The van der Waals surface area contributed by atoms with E-state index in [4.69, 9.17) is 27.9 Å². The number of hydrogen-bond donors (Lipinski definition) is 0. The molecule has 0 N–H and O–H groups in total. The van der Waals surface area contributed by atoms with E-state index in [1.807, 2.05) is 0 Å². The second-order valence-corrected chi connectivity index (χ2v) is 10.1. The Kier molecular flexibility index (Phi) is 6.41. The first-order valence-electron chi connectivity index (χ1n) is 8.16. The van der Waals surface area contributed by atoms with E-state index in [2.05, 4.69) is 0 Å². The lowest BCUT2D eigenvalue weighted by Gasteiger charge is -2.23. The molecular weight excluding hydrogens is 447 g/mol. The maximum atomic E-state index is 13.0. The maximum absolute atomic E-state index is 13.0. The Balaban J connectivity index is 1.81. The minimum Gasteiger partial charge on any atom is -0.484 e. The number of rotatable bonds is 6. The summed E-state index contributed by atoms with van der Waals surface area (Å²) in [7, 11) is -3.84. The van der Waals surface area contributed by atoms with Gasteiger partial charge in [0.05, 0.1) is 9.82 Å². The average molecular weight is 463 g/mol. The van der Waals surface area contributed by atoms with Gasteiger partial charge in [-0.3, -0.25) is 10.1 Å². The number of halogens is 2. The number of thioether (sulfide) groups is 1. The lowest BCUT2D eigenvalue weighted by atomic mass is 10.2. The van der Waals surface area contributed by atoms with Crippen LogP contribution in [0.2, 0.25) is 10.0 Å². The van der Waals surface area contributed by atoms with Crippen LogP contribution in [0.1, 0.15) is 5.56 Å². The van der Waals surface area contributed by atoms with Crippen molar-refractivity contribution in [2.75, 3.05) is 18.9 Å². The van der Waals surface area contributed by atoms with Crippen molar-refractivity contribution < 1.29 is 18.1 Å². The van der Waals surface area contributed by atoms with Crippen molar-refractivity contribution in [2.24, 2.45) is 0 Å². The lowest BCUT2D eigenvalue weighted by Crippen LogP contribution is -2.38. The zero-order chi connectivity index (χ0) is 20.5. The molecular formula is C17H16Cl2N2O5S2. The van der Waals surface area contributed by atoms with E-state index in [1.54, 1.807) is 13.0 Å². The molecule has 2 aromatic carbocycles. The highest BCUT2D eigenvalue weighted by Crippen LogP contribution is 2.34. The summed E-state index contributed by atoms with van der Waals surface area (Å²) < 4.78 is 33.0. The van der Waals surface area contributed by atoms with E-state index in [0.29, 0.717) is 12.3 Å². The largest absolute Gasteiger partial charge is 0.484 e. The summed E-state index contributed by atoms with van der Waals surface area (Å²) in [5, 5.41) is 11.2. The van der Waals surface area contributed by atoms with Gasteiger partial charge in [0.1, 0.15) is 12.0 Å². The molecule has 7 nitrogen and oxygen atoms in total. The molecule has 3 rings (SSSR count). The number of sulfonamides is 1. The van der Waals surface area contributed by atoms with Crippen LogP contribution < -0.4 is 4.74 Å². The van der Waals surface area contributed by atoms with Crippen LogP contribution in [0.5, 0.6) is 5.75 Å². The molecule has 1 aliphatic rings. The summed E-state index contributed by atoms with van der Waals surface area (Å²) in [5.74, 6) is 0.684. The minimum atomic E-state index is -3.84. The van der Waals surface area contributed by atoms with E-state index in [0.717, 1.165) is 5.56 Å². The molecule has 1 fully saturated rings. The molecule has 1 heterocycles. The second kappa shape index (κ2) is 8.46. The molecule has 28 heavy (non-hydrogen) atoms. The summed E-state index contributed by atoms with van der Waals surface area (Å²) in [6.07, 6.45) is 0. The molecule has 150 valence electrons. The zero-order valence-corrected chi connectivity index (χ0v) is 17.8. The molecule has 1 aliphatic heterocycles. The number of ether oxygens (including phenoxy) is 1. The lowest BCUT2D eigenvalue weighted by molar-refractivity contribution is -0.385. The van der Waals surface area contributed by atoms with Crippen molar-refractivity contribution in [1.29, 1.82) is 0 Å². The summed E-state index contributed by atoms with van der Waals surface area (Å²) in [6, 6.07) is 8.77. The molecule has 0 radical (unpaired) electrons. The normalized spacial score (nSPS) is 17.6. The van der Waals surface area contributed by atoms with Gasteiger partial charge < -0.3 is 4.74 Å². The van der Waals surface area contributed by atoms with E-state index in [9.17, 15) is 18.5 Å². The third kappa shape index (κ3) is 4.55. The van der Waals surface area contributed by atoms with Crippen LogP contribution in [0.4, 0.5) is 5.69 Å². The van der Waals surface area contributed by atoms with Crippen molar-refractivity contribution >= 4 is 50.7 Å². The highest BCUT2D eigenvalue weighted by atomic mass is 35.5. The van der Waals surface area contributed by atoms with Gasteiger partial charge in [0.15, 0.2) is 5.75 Å². The molecule has 0 saturated carbocycles. The molecule has 1 saturated heterocycles. The standard InChI is InChI=1S/C17H16Cl2N2O5S2/c1-11-2-3-16(15(6-11)21(22)23)26-10-17-20(4-5-27-17)28(24,25)14-8-12(18)7-13(19)9-14/h2-3,6-9,17H,4-5,10H2,1H3. The second-order valence-electron chi connectivity index (χ2n) is 6.09. The summed E-state index contributed by atoms with van der Waals surface area (Å²) in [5.41, 5.74) is 0.579. The predicted octanol–water partition coefficient (Wildman–Crippen LogP) is 4.35. The molecule has 1 unspecified atom stereocenters. The third-order valence-electron chi connectivity index (χ3n) is 4.08. The Bertz CT molecular complexity index is 996. The van der Waals surface area contributed by atoms with Crippen LogP contribution in [0.3, 0.4) is 0 Å². The topological polar surface area (TPSA) is 89.8 Å². The van der Waals surface area contributed by atoms with E-state index >= 15 is 0 Å². The van der Waals surface area contributed by atoms with Gasteiger partial charge in [-0.2, -0.15) is 4.31 Å². The van der Waals surface area contributed by atoms with Crippen molar-refractivity contribution in [2.45, 2.75) is 17.2 Å². The van der Waals surface area contributed by atoms with Crippen molar-refractivity contribution in [3.8, 4) is 5.75 Å². The number of benzene rings is 2. The monoisotopic (exact) mass is 462 g/mol. The molecule has 0 amide bonds. The summed E-state index contributed by atoms with van der Waals surface area (Å²) in [4.78, 5) is 10.7. The Labute approximate surface area is 176 Å². The van der Waals surface area contributed by atoms with E-state index < -0.39 is 20.3 Å². The van der Waals surface area contributed by atoms with Crippen LogP contribution >= 0.6 is 35.0 Å². The Morgan fingerprint density at radius 1 is 1.25 bits per heavy atom. The summed E-state index contributed by atoms with van der Waals surface area (Å²) >= 11 is 13.3. The quantitative estimate of drug-likeness (QED) is 0.467. The predicted molar refractivity (Wildman–Crippen MR) is 110 cm³/mol. The zero-order valence-electron chi connectivity index (χ0n) is 14.7. The van der Waals surface area contributed by atoms with Crippen LogP contribution in [-0.2, 0) is 10.0 Å². The van der Waals surface area contributed by atoms with Gasteiger partial charge in [-0.15, -0.1) is 11.8 Å². The van der Waals surface area contributed by atoms with Crippen molar-refractivity contribution in [1.82, 2.24) is 4.31 Å². The average Bonchev–Trinajstić information content (AvgIpc) is 3.09. The fourth-order valence-electron chi connectivity index (χ4n) is 2.78. The molecule has 0 bridgehead atoms. The van der Waals surface area contributed by atoms with E-state index in [1.165, 1.54) is 46.4 Å². The Morgan fingerprint density at radius 2 is 1.93 bits per heavy atom. The highest BCUT2D eigenvalue weighted by molar-refractivity contribution is 8.01. The number of nitro benzene ring substituents is 1. The van der Waals surface area contributed by atoms with Gasteiger partial charge in [0.2, 0.25) is 10.0 Å². The molecule has 1 atom stereocenters. The Morgan fingerprint density at radius 3 is 2.57 bits per heavy atom. The first-order chi connectivity index (χ1) is 13.2. The number of aryl methyl sites for hydroxylation is 1.